The van der Waals surface area contributed by atoms with Crippen LogP contribution in [0.25, 0.3) is 11.5 Å². The van der Waals surface area contributed by atoms with Crippen LogP contribution in [0.1, 0.15) is 11.1 Å². The normalized spacial score (nSPS) is 10.7. The van der Waals surface area contributed by atoms with Gasteiger partial charge in [0.2, 0.25) is 11.8 Å². The van der Waals surface area contributed by atoms with Crippen molar-refractivity contribution in [3.8, 4) is 11.5 Å². The summed E-state index contributed by atoms with van der Waals surface area (Å²) in [4.78, 5) is 14.1. The van der Waals surface area contributed by atoms with Crippen LogP contribution in [0.15, 0.2) is 52.1 Å². The van der Waals surface area contributed by atoms with Crippen molar-refractivity contribution in [2.45, 2.75) is 19.1 Å². The molecule has 0 unspecified atom stereocenters. The third-order valence-corrected chi connectivity index (χ3v) is 4.97. The van der Waals surface area contributed by atoms with Crippen molar-refractivity contribution in [1.29, 1.82) is 0 Å². The van der Waals surface area contributed by atoms with E-state index in [2.05, 4.69) is 22.4 Å². The number of carbonyl (C=O) groups excluding carboxylic acids is 1. The number of hydrogen-bond donors (Lipinski definition) is 1. The first kappa shape index (κ1) is 19.0. The van der Waals surface area contributed by atoms with Crippen molar-refractivity contribution in [3.05, 3.63) is 53.6 Å². The van der Waals surface area contributed by atoms with E-state index in [1.165, 1.54) is 22.9 Å². The van der Waals surface area contributed by atoms with Crippen LogP contribution in [0.5, 0.6) is 0 Å². The zero-order valence-corrected chi connectivity index (χ0v) is 16.6. The summed E-state index contributed by atoms with van der Waals surface area (Å²) in [5, 5.41) is 11.3. The molecule has 0 aliphatic carbocycles. The number of amides is 1. The highest BCUT2D eigenvalue weighted by Gasteiger charge is 2.12. The number of aryl methyl sites for hydroxylation is 2. The molecule has 0 bridgehead atoms. The lowest BCUT2D eigenvalue weighted by molar-refractivity contribution is -0.113. The zero-order valence-electron chi connectivity index (χ0n) is 15.8. The largest absolute Gasteiger partial charge is 0.411 e. The van der Waals surface area contributed by atoms with Gasteiger partial charge in [0.15, 0.2) is 0 Å². The number of benzene rings is 2. The van der Waals surface area contributed by atoms with Gasteiger partial charge < -0.3 is 14.6 Å². The minimum atomic E-state index is -0.122. The summed E-state index contributed by atoms with van der Waals surface area (Å²) in [5.74, 6) is 0.535. The molecule has 0 radical (unpaired) electrons. The maximum atomic E-state index is 12.1. The van der Waals surface area contributed by atoms with E-state index >= 15 is 0 Å². The molecule has 0 aliphatic rings. The van der Waals surface area contributed by atoms with E-state index in [-0.39, 0.29) is 11.7 Å². The van der Waals surface area contributed by atoms with Gasteiger partial charge in [0.1, 0.15) is 0 Å². The smallest absolute Gasteiger partial charge is 0.277 e. The number of thioether (sulfide) groups is 1. The van der Waals surface area contributed by atoms with Crippen molar-refractivity contribution < 1.29 is 9.21 Å². The summed E-state index contributed by atoms with van der Waals surface area (Å²) >= 11 is 1.22. The summed E-state index contributed by atoms with van der Waals surface area (Å²) in [6.45, 7) is 4.10. The Morgan fingerprint density at radius 1 is 1.07 bits per heavy atom. The first-order valence-corrected chi connectivity index (χ1v) is 9.52. The Bertz CT molecular complexity index is 935. The molecule has 0 fully saturated rings. The predicted molar refractivity (Wildman–Crippen MR) is 109 cm³/mol. The molecule has 1 N–H and O–H groups in total. The third-order valence-electron chi connectivity index (χ3n) is 4.15. The van der Waals surface area contributed by atoms with E-state index < -0.39 is 0 Å². The standard InChI is InChI=1S/C20H22N4O2S/c1-13-5-6-15(11-14(13)2)19-22-23-20(26-19)27-12-18(25)21-16-7-9-17(10-8-16)24(3)4/h5-11H,12H2,1-4H3,(H,21,25). The van der Waals surface area contributed by atoms with E-state index in [1.54, 1.807) is 0 Å². The first-order valence-electron chi connectivity index (χ1n) is 8.53. The van der Waals surface area contributed by atoms with E-state index in [4.69, 9.17) is 4.42 Å². The SMILES string of the molecule is Cc1ccc(-c2nnc(SCC(=O)Nc3ccc(N(C)C)cc3)o2)cc1C. The number of rotatable bonds is 6. The molecule has 0 spiro atoms. The lowest BCUT2D eigenvalue weighted by atomic mass is 10.1. The molecular weight excluding hydrogens is 360 g/mol. The molecule has 3 aromatic rings. The van der Waals surface area contributed by atoms with Gasteiger partial charge in [-0.1, -0.05) is 17.8 Å². The van der Waals surface area contributed by atoms with Crippen LogP contribution in [0, 0.1) is 13.8 Å². The van der Waals surface area contributed by atoms with Gasteiger partial charge in [-0.2, -0.15) is 0 Å². The Morgan fingerprint density at radius 3 is 2.48 bits per heavy atom. The van der Waals surface area contributed by atoms with Gasteiger partial charge in [-0.15, -0.1) is 10.2 Å². The second-order valence-corrected chi connectivity index (χ2v) is 7.38. The van der Waals surface area contributed by atoms with Crippen molar-refractivity contribution in [1.82, 2.24) is 10.2 Å². The molecule has 0 saturated heterocycles. The molecule has 0 aliphatic heterocycles. The maximum absolute atomic E-state index is 12.1. The zero-order chi connectivity index (χ0) is 19.4. The lowest BCUT2D eigenvalue weighted by Crippen LogP contribution is -2.14. The summed E-state index contributed by atoms with van der Waals surface area (Å²) < 4.78 is 5.66. The van der Waals surface area contributed by atoms with E-state index in [9.17, 15) is 4.79 Å². The fraction of sp³-hybridized carbons (Fsp3) is 0.250. The van der Waals surface area contributed by atoms with Crippen LogP contribution in [-0.4, -0.2) is 36.0 Å². The second kappa shape index (κ2) is 8.26. The minimum absolute atomic E-state index is 0.122. The monoisotopic (exact) mass is 382 g/mol. The molecule has 3 rings (SSSR count). The summed E-state index contributed by atoms with van der Waals surface area (Å²) in [6.07, 6.45) is 0. The van der Waals surface area contributed by atoms with Crippen LogP contribution in [0.2, 0.25) is 0 Å². The molecule has 1 amide bonds. The number of carbonyl (C=O) groups is 1. The Kier molecular flexibility index (Phi) is 5.81. The van der Waals surface area contributed by atoms with Gasteiger partial charge in [-0.05, 0) is 61.4 Å². The minimum Gasteiger partial charge on any atom is -0.411 e. The molecule has 140 valence electrons. The number of anilines is 2. The molecule has 7 heteroatoms. The Labute approximate surface area is 163 Å². The number of nitrogens with one attached hydrogen (secondary N) is 1. The van der Waals surface area contributed by atoms with E-state index in [0.717, 1.165) is 16.9 Å². The Morgan fingerprint density at radius 2 is 1.81 bits per heavy atom. The summed E-state index contributed by atoms with van der Waals surface area (Å²) in [7, 11) is 3.95. The predicted octanol–water partition coefficient (Wildman–Crippen LogP) is 4.15. The van der Waals surface area contributed by atoms with Crippen LogP contribution in [0.3, 0.4) is 0 Å². The van der Waals surface area contributed by atoms with E-state index in [0.29, 0.717) is 11.1 Å². The van der Waals surface area contributed by atoms with Gasteiger partial charge in [-0.25, -0.2) is 0 Å². The summed E-state index contributed by atoms with van der Waals surface area (Å²) in [5.41, 5.74) is 5.09. The number of nitrogens with zero attached hydrogens (tertiary/aromatic N) is 3. The van der Waals surface area contributed by atoms with Crippen molar-refractivity contribution >= 4 is 29.0 Å². The Hall–Kier alpha value is -2.80. The van der Waals surface area contributed by atoms with E-state index in [1.807, 2.05) is 68.4 Å². The fourth-order valence-electron chi connectivity index (χ4n) is 2.43. The number of aromatic nitrogens is 2. The molecular formula is C20H22N4O2S. The van der Waals surface area contributed by atoms with Gasteiger partial charge >= 0.3 is 0 Å². The van der Waals surface area contributed by atoms with Crippen molar-refractivity contribution in [2.75, 3.05) is 30.1 Å². The maximum Gasteiger partial charge on any atom is 0.277 e. The number of hydrogen-bond acceptors (Lipinski definition) is 6. The molecule has 6 nitrogen and oxygen atoms in total. The highest BCUT2D eigenvalue weighted by molar-refractivity contribution is 7.99. The first-order chi connectivity index (χ1) is 12.9. The lowest BCUT2D eigenvalue weighted by Gasteiger charge is -2.12. The van der Waals surface area contributed by atoms with Crippen molar-refractivity contribution in [3.63, 3.8) is 0 Å². The second-order valence-electron chi connectivity index (χ2n) is 6.45. The molecule has 1 aromatic heterocycles. The van der Waals surface area contributed by atoms with Gasteiger partial charge in [0, 0.05) is 31.0 Å². The molecule has 27 heavy (non-hydrogen) atoms. The van der Waals surface area contributed by atoms with Crippen molar-refractivity contribution in [2.24, 2.45) is 0 Å². The quantitative estimate of drug-likeness (QED) is 0.646. The highest BCUT2D eigenvalue weighted by atomic mass is 32.2. The molecule has 0 atom stereocenters. The fourth-order valence-corrected chi connectivity index (χ4v) is 2.99. The van der Waals surface area contributed by atoms with Gasteiger partial charge in [-0.3, -0.25) is 4.79 Å². The highest BCUT2D eigenvalue weighted by Crippen LogP contribution is 2.25. The van der Waals surface area contributed by atoms with Crippen LogP contribution < -0.4 is 10.2 Å². The van der Waals surface area contributed by atoms with Crippen LogP contribution in [0.4, 0.5) is 11.4 Å². The summed E-state index contributed by atoms with van der Waals surface area (Å²) in [6, 6.07) is 13.7. The topological polar surface area (TPSA) is 71.3 Å². The van der Waals surface area contributed by atoms with Gasteiger partial charge in [0.25, 0.3) is 5.22 Å². The van der Waals surface area contributed by atoms with Gasteiger partial charge in [0.05, 0.1) is 5.75 Å². The molecule has 2 aromatic carbocycles. The average molecular weight is 382 g/mol. The van der Waals surface area contributed by atoms with Crippen LogP contribution in [-0.2, 0) is 4.79 Å². The third kappa shape index (κ3) is 4.89. The molecule has 1 heterocycles. The van der Waals surface area contributed by atoms with Crippen LogP contribution >= 0.6 is 11.8 Å². The average Bonchev–Trinajstić information content (AvgIpc) is 3.12. The Balaban J connectivity index is 1.56. The molecule has 0 saturated carbocycles.